The predicted octanol–water partition coefficient (Wildman–Crippen LogP) is 0.513. The van der Waals surface area contributed by atoms with Gasteiger partial charge in [-0.05, 0) is 48.5 Å². The molecule has 0 aromatic heterocycles. The van der Waals surface area contributed by atoms with Gasteiger partial charge in [0.2, 0.25) is 5.91 Å². The summed E-state index contributed by atoms with van der Waals surface area (Å²) in [5, 5.41) is 11.7. The van der Waals surface area contributed by atoms with Crippen LogP contribution in [0, 0.1) is 0 Å². The minimum atomic E-state index is -0.964. The number of rotatable bonds is 6. The van der Waals surface area contributed by atoms with E-state index >= 15 is 0 Å². The van der Waals surface area contributed by atoms with Crippen LogP contribution in [-0.4, -0.2) is 46.9 Å². The zero-order chi connectivity index (χ0) is 16.8. The minimum absolute atomic E-state index is 0.455. The van der Waals surface area contributed by atoms with Gasteiger partial charge in [0.1, 0.15) is 17.7 Å². The number of nitrogens with one attached hydrogen (secondary N) is 2. The van der Waals surface area contributed by atoms with Crippen LogP contribution in [0.1, 0.15) is 48.5 Å². The highest BCUT2D eigenvalue weighted by molar-refractivity contribution is 5.87. The Hall–Kier alpha value is -1.18. The van der Waals surface area contributed by atoms with Crippen LogP contribution in [0.5, 0.6) is 0 Å². The van der Waals surface area contributed by atoms with Gasteiger partial charge in [-0.25, -0.2) is 4.79 Å². The van der Waals surface area contributed by atoms with Crippen molar-refractivity contribution in [2.45, 2.75) is 71.8 Å². The third-order valence-electron chi connectivity index (χ3n) is 2.13. The minimum Gasteiger partial charge on any atom is -0.458 e. The first kappa shape index (κ1) is 19.8. The van der Waals surface area contributed by atoms with Crippen LogP contribution in [0.2, 0.25) is 0 Å². The number of aliphatic hydroxyl groups excluding tert-OH is 1. The molecule has 3 N–H and O–H groups in total. The Morgan fingerprint density at radius 1 is 1.10 bits per heavy atom. The first-order valence-electron chi connectivity index (χ1n) is 6.93. The van der Waals surface area contributed by atoms with Crippen LogP contribution in [0.4, 0.5) is 0 Å². The molecule has 7 heteroatoms. The summed E-state index contributed by atoms with van der Waals surface area (Å²) in [4.78, 5) is 29.0. The molecule has 0 fully saturated rings. The van der Waals surface area contributed by atoms with Gasteiger partial charge >= 0.3 is 5.97 Å². The molecular formula is C14H28N2O5. The number of hydrogen-bond donors (Lipinski definition) is 3. The van der Waals surface area contributed by atoms with Gasteiger partial charge in [0.25, 0.3) is 0 Å². The Labute approximate surface area is 126 Å². The summed E-state index contributed by atoms with van der Waals surface area (Å²) in [6.45, 7) is 11.7. The molecule has 0 aromatic carbocycles. The molecule has 0 spiro atoms. The summed E-state index contributed by atoms with van der Waals surface area (Å²) in [7, 11) is 0. The topological polar surface area (TPSA) is 96.9 Å². The van der Waals surface area contributed by atoms with Crippen molar-refractivity contribution in [3.8, 4) is 0 Å². The van der Waals surface area contributed by atoms with Crippen molar-refractivity contribution >= 4 is 11.9 Å². The van der Waals surface area contributed by atoms with E-state index in [0.717, 1.165) is 0 Å². The lowest BCUT2D eigenvalue weighted by Gasteiger charge is -2.26. The summed E-state index contributed by atoms with van der Waals surface area (Å²) in [5.74, 6) is -1.08. The first-order valence-corrected chi connectivity index (χ1v) is 6.93. The maximum absolute atomic E-state index is 12.0. The smallest absolute Gasteiger partial charge is 0.328 e. The van der Waals surface area contributed by atoms with Gasteiger partial charge in [-0.1, -0.05) is 0 Å². The van der Waals surface area contributed by atoms with E-state index in [2.05, 4.69) is 10.8 Å². The van der Waals surface area contributed by atoms with Crippen LogP contribution in [0.15, 0.2) is 0 Å². The molecule has 124 valence electrons. The molecule has 0 bridgehead atoms. The number of hydroxylamine groups is 1. The highest BCUT2D eigenvalue weighted by atomic mass is 16.7. The van der Waals surface area contributed by atoms with Gasteiger partial charge in [-0.2, -0.15) is 5.48 Å². The van der Waals surface area contributed by atoms with Crippen LogP contribution in [0.3, 0.4) is 0 Å². The summed E-state index contributed by atoms with van der Waals surface area (Å²) in [6.07, 6.45) is 0. The molecule has 0 aliphatic heterocycles. The maximum atomic E-state index is 12.0. The predicted molar refractivity (Wildman–Crippen MR) is 78.3 cm³/mol. The SMILES string of the molecule is C[C@H](NC(=O)[C@H](CO)NOC(C)(C)C)C(=O)OC(C)(C)C. The van der Waals surface area contributed by atoms with Gasteiger partial charge in [0, 0.05) is 0 Å². The first-order chi connectivity index (χ1) is 9.35. The lowest BCUT2D eigenvalue weighted by molar-refractivity contribution is -0.159. The second kappa shape index (κ2) is 7.72. The van der Waals surface area contributed by atoms with Gasteiger partial charge in [-0.15, -0.1) is 0 Å². The third kappa shape index (κ3) is 9.38. The number of carbonyl (C=O) groups is 2. The molecule has 0 heterocycles. The average Bonchev–Trinajstić information content (AvgIpc) is 2.25. The highest BCUT2D eigenvalue weighted by Gasteiger charge is 2.27. The Balaban J connectivity index is 4.46. The van der Waals surface area contributed by atoms with E-state index in [1.165, 1.54) is 6.92 Å². The zero-order valence-electron chi connectivity index (χ0n) is 13.9. The van der Waals surface area contributed by atoms with Crippen molar-refractivity contribution in [1.82, 2.24) is 10.8 Å². The number of carbonyl (C=O) groups excluding carboxylic acids is 2. The molecule has 0 aliphatic carbocycles. The molecule has 7 nitrogen and oxygen atoms in total. The molecule has 0 saturated heterocycles. The molecule has 2 atom stereocenters. The second-order valence-electron chi connectivity index (χ2n) is 6.83. The van der Waals surface area contributed by atoms with Crippen molar-refractivity contribution in [2.75, 3.05) is 6.61 Å². The zero-order valence-corrected chi connectivity index (χ0v) is 13.9. The van der Waals surface area contributed by atoms with E-state index in [-0.39, 0.29) is 0 Å². The molecule has 0 unspecified atom stereocenters. The lowest BCUT2D eigenvalue weighted by Crippen LogP contribution is -2.52. The number of aliphatic hydroxyl groups is 1. The van der Waals surface area contributed by atoms with Crippen LogP contribution in [-0.2, 0) is 19.2 Å². The monoisotopic (exact) mass is 304 g/mol. The van der Waals surface area contributed by atoms with Gasteiger partial charge in [-0.3, -0.25) is 9.63 Å². The van der Waals surface area contributed by atoms with Crippen molar-refractivity contribution in [3.63, 3.8) is 0 Å². The Bertz CT molecular complexity index is 357. The van der Waals surface area contributed by atoms with Crippen molar-refractivity contribution in [1.29, 1.82) is 0 Å². The van der Waals surface area contributed by atoms with E-state index < -0.39 is 41.8 Å². The Morgan fingerprint density at radius 3 is 2.00 bits per heavy atom. The third-order valence-corrected chi connectivity index (χ3v) is 2.13. The molecule has 0 rings (SSSR count). The summed E-state index contributed by atoms with van der Waals surface area (Å²) < 4.78 is 5.16. The normalized spacial score (nSPS) is 15.2. The summed E-state index contributed by atoms with van der Waals surface area (Å²) in [6, 6.07) is -1.78. The Morgan fingerprint density at radius 2 is 1.62 bits per heavy atom. The number of ether oxygens (including phenoxy) is 1. The molecule has 0 saturated carbocycles. The number of amides is 1. The van der Waals surface area contributed by atoms with E-state index in [1.807, 2.05) is 0 Å². The van der Waals surface area contributed by atoms with E-state index in [0.29, 0.717) is 0 Å². The largest absolute Gasteiger partial charge is 0.458 e. The maximum Gasteiger partial charge on any atom is 0.328 e. The van der Waals surface area contributed by atoms with Gasteiger partial charge in [0.05, 0.1) is 12.2 Å². The van der Waals surface area contributed by atoms with Gasteiger partial charge < -0.3 is 15.2 Å². The van der Waals surface area contributed by atoms with Crippen LogP contribution >= 0.6 is 0 Å². The van der Waals surface area contributed by atoms with Crippen molar-refractivity contribution < 1.29 is 24.3 Å². The molecule has 0 radical (unpaired) electrons. The fraction of sp³-hybridized carbons (Fsp3) is 0.857. The Kier molecular flexibility index (Phi) is 7.29. The van der Waals surface area contributed by atoms with Crippen LogP contribution < -0.4 is 10.8 Å². The fourth-order valence-corrected chi connectivity index (χ4v) is 1.18. The quantitative estimate of drug-likeness (QED) is 0.489. The fourth-order valence-electron chi connectivity index (χ4n) is 1.18. The number of esters is 1. The highest BCUT2D eigenvalue weighted by Crippen LogP contribution is 2.08. The summed E-state index contributed by atoms with van der Waals surface area (Å²) in [5.41, 5.74) is 1.35. The lowest BCUT2D eigenvalue weighted by atomic mass is 10.2. The average molecular weight is 304 g/mol. The van der Waals surface area contributed by atoms with Crippen LogP contribution in [0.25, 0.3) is 0 Å². The van der Waals surface area contributed by atoms with Crippen molar-refractivity contribution in [2.24, 2.45) is 0 Å². The van der Waals surface area contributed by atoms with E-state index in [4.69, 9.17) is 9.57 Å². The van der Waals surface area contributed by atoms with E-state index in [1.54, 1.807) is 41.5 Å². The molecule has 0 aromatic rings. The molecule has 1 amide bonds. The standard InChI is InChI=1S/C14H28N2O5/c1-9(12(19)20-13(2,3)4)15-11(18)10(8-17)16-21-14(5,6)7/h9-10,16-17H,8H2,1-7H3,(H,15,18)/t9-,10-/m0/s1. The molecule has 21 heavy (non-hydrogen) atoms. The molecular weight excluding hydrogens is 276 g/mol. The molecule has 0 aliphatic rings. The summed E-state index contributed by atoms with van der Waals surface area (Å²) >= 11 is 0. The van der Waals surface area contributed by atoms with Gasteiger partial charge in [0.15, 0.2) is 0 Å². The second-order valence-corrected chi connectivity index (χ2v) is 6.83. The number of hydrogen-bond acceptors (Lipinski definition) is 6. The van der Waals surface area contributed by atoms with Crippen molar-refractivity contribution in [3.05, 3.63) is 0 Å². The van der Waals surface area contributed by atoms with E-state index in [9.17, 15) is 14.7 Å².